The second-order valence-electron chi connectivity index (χ2n) is 7.33. The molecule has 0 amide bonds. The predicted molar refractivity (Wildman–Crippen MR) is 137 cm³/mol. The minimum absolute atomic E-state index is 0.381. The van der Waals surface area contributed by atoms with E-state index in [1.165, 1.54) is 36.4 Å². The lowest BCUT2D eigenvalue weighted by molar-refractivity contribution is 0.308. The first kappa shape index (κ1) is 25.1. The summed E-state index contributed by atoms with van der Waals surface area (Å²) in [6.45, 7) is 0. The zero-order chi connectivity index (χ0) is 23.5. The summed E-state index contributed by atoms with van der Waals surface area (Å²) >= 11 is 10.2. The monoisotopic (exact) mass is 642 g/mol. The van der Waals surface area contributed by atoms with Crippen LogP contribution >= 0.6 is 47.8 Å². The van der Waals surface area contributed by atoms with E-state index < -0.39 is 21.4 Å². The zero-order valence-electron chi connectivity index (χ0n) is 17.0. The Morgan fingerprint density at radius 1 is 0.515 bits per heavy atom. The van der Waals surface area contributed by atoms with Crippen LogP contribution < -0.4 is 16.4 Å². The van der Waals surface area contributed by atoms with E-state index in [0.29, 0.717) is 49.1 Å². The molecule has 0 aliphatic carbocycles. The van der Waals surface area contributed by atoms with Gasteiger partial charge in [0.05, 0.1) is 0 Å². The number of rotatable bonds is 6. The van der Waals surface area contributed by atoms with Crippen LogP contribution in [0.5, 0.6) is 0 Å². The van der Waals surface area contributed by atoms with Crippen molar-refractivity contribution in [1.29, 1.82) is 0 Å². The van der Waals surface area contributed by atoms with Crippen LogP contribution in [0.4, 0.5) is 13.2 Å². The largest absolute Gasteiger partial charge is 0.467 e. The normalized spacial score (nSPS) is 14.2. The summed E-state index contributed by atoms with van der Waals surface area (Å²) in [6.07, 6.45) is 0. The van der Waals surface area contributed by atoms with E-state index in [4.69, 9.17) is 13.7 Å². The molecule has 168 valence electrons. The van der Waals surface area contributed by atoms with Gasteiger partial charge in [-0.25, -0.2) is 13.2 Å². The summed E-state index contributed by atoms with van der Waals surface area (Å²) in [6, 6.07) is 13.0. The van der Waals surface area contributed by atoms with Crippen molar-refractivity contribution < 1.29 is 26.9 Å². The van der Waals surface area contributed by atoms with Gasteiger partial charge in [0.15, 0.2) is 0 Å². The highest BCUT2D eigenvalue weighted by Crippen LogP contribution is 2.18. The lowest BCUT2D eigenvalue weighted by Crippen LogP contribution is -2.62. The van der Waals surface area contributed by atoms with Gasteiger partial charge < -0.3 is 13.7 Å². The Hall–Kier alpha value is -1.04. The highest BCUT2D eigenvalue weighted by atomic mass is 79.9. The molecule has 0 aromatic heterocycles. The molecule has 3 aromatic carbocycles. The van der Waals surface area contributed by atoms with Crippen molar-refractivity contribution in [2.45, 2.75) is 16.0 Å². The van der Waals surface area contributed by atoms with E-state index in [-0.39, 0.29) is 17.5 Å². The number of alkyl halides is 3. The van der Waals surface area contributed by atoms with Crippen LogP contribution in [0.2, 0.25) is 0 Å². The van der Waals surface area contributed by atoms with Crippen molar-refractivity contribution in [3.63, 3.8) is 0 Å². The summed E-state index contributed by atoms with van der Waals surface area (Å²) in [4.78, 5) is 0. The maximum Gasteiger partial charge on any atom is 0.467 e. The molecular weight excluding hydrogens is 629 g/mol. The summed E-state index contributed by atoms with van der Waals surface area (Å²) in [5.74, 6) is -1.14. The molecule has 1 aliphatic heterocycles. The van der Waals surface area contributed by atoms with Gasteiger partial charge in [0, 0.05) is 16.0 Å². The van der Waals surface area contributed by atoms with E-state index in [1.54, 1.807) is 18.2 Å². The van der Waals surface area contributed by atoms with Crippen molar-refractivity contribution >= 4 is 85.5 Å². The van der Waals surface area contributed by atoms with Crippen LogP contribution in [0, 0.1) is 17.5 Å². The van der Waals surface area contributed by atoms with E-state index in [1.807, 2.05) is 0 Å². The van der Waals surface area contributed by atoms with Crippen LogP contribution in [0.3, 0.4) is 0 Å². The molecule has 1 saturated heterocycles. The number of hydrogen-bond donors (Lipinski definition) is 0. The highest BCUT2D eigenvalue weighted by Gasteiger charge is 2.45. The van der Waals surface area contributed by atoms with E-state index >= 15 is 0 Å². The number of benzene rings is 3. The first-order chi connectivity index (χ1) is 15.9. The third-order valence-electron chi connectivity index (χ3n) is 5.25. The second-order valence-corrected chi connectivity index (χ2v) is 9.02. The van der Waals surface area contributed by atoms with Gasteiger partial charge in [0.2, 0.25) is 0 Å². The van der Waals surface area contributed by atoms with Gasteiger partial charge in [0.25, 0.3) is 0 Å². The molecule has 3 nitrogen and oxygen atoms in total. The lowest BCUT2D eigenvalue weighted by Gasteiger charge is -2.33. The Morgan fingerprint density at radius 2 is 0.788 bits per heavy atom. The molecule has 4 rings (SSSR count). The quantitative estimate of drug-likeness (QED) is 0.296. The fraction of sp³-hybridized carbons (Fsp3) is 0.143. The molecule has 0 bridgehead atoms. The predicted octanol–water partition coefficient (Wildman–Crippen LogP) is 4.34. The second kappa shape index (κ2) is 11.1. The fourth-order valence-corrected chi connectivity index (χ4v) is 5.09. The maximum absolute atomic E-state index is 13.8. The molecule has 0 radical (unpaired) electrons. The first-order valence-corrected chi connectivity index (χ1v) is 13.3. The van der Waals surface area contributed by atoms with Gasteiger partial charge in [0.1, 0.15) is 17.5 Å². The van der Waals surface area contributed by atoms with Crippen molar-refractivity contribution in [1.82, 2.24) is 0 Å². The van der Waals surface area contributed by atoms with Gasteiger partial charge >= 0.3 is 21.4 Å². The summed E-state index contributed by atoms with van der Waals surface area (Å²) in [5.41, 5.74) is 3.82. The van der Waals surface area contributed by atoms with Crippen LogP contribution in [0.25, 0.3) is 0 Å². The highest BCUT2D eigenvalue weighted by molar-refractivity contribution is 9.09. The minimum Gasteiger partial charge on any atom is -0.445 e. The topological polar surface area (TPSA) is 27.7 Å². The van der Waals surface area contributed by atoms with Crippen molar-refractivity contribution in [2.24, 2.45) is 0 Å². The molecule has 1 fully saturated rings. The molecule has 1 aliphatic rings. The maximum atomic E-state index is 13.8. The smallest absolute Gasteiger partial charge is 0.445 e. The van der Waals surface area contributed by atoms with Gasteiger partial charge in [-0.15, -0.1) is 0 Å². The average molecular weight is 644 g/mol. The molecule has 0 N–H and O–H groups in total. The molecule has 1 heterocycles. The SMILES string of the molecule is Fc1ccc(B2OB(c3ccc(F)cc3CBr)OB(c3ccc(F)cc3CBr)O2)c(CBr)c1. The lowest BCUT2D eigenvalue weighted by atomic mass is 9.60. The van der Waals surface area contributed by atoms with Crippen molar-refractivity contribution in [2.75, 3.05) is 0 Å². The van der Waals surface area contributed by atoms with Crippen LogP contribution in [0.15, 0.2) is 54.6 Å². The van der Waals surface area contributed by atoms with Crippen LogP contribution in [0.1, 0.15) is 16.7 Å². The Morgan fingerprint density at radius 3 is 1.03 bits per heavy atom. The fourth-order valence-electron chi connectivity index (χ4n) is 3.63. The number of halogens is 6. The van der Waals surface area contributed by atoms with E-state index in [0.717, 1.165) is 0 Å². The molecule has 33 heavy (non-hydrogen) atoms. The van der Waals surface area contributed by atoms with Crippen LogP contribution in [-0.2, 0) is 29.7 Å². The minimum atomic E-state index is -0.914. The number of hydrogen-bond acceptors (Lipinski definition) is 3. The zero-order valence-corrected chi connectivity index (χ0v) is 21.8. The summed E-state index contributed by atoms with van der Waals surface area (Å²) in [5, 5.41) is 1.14. The molecule has 0 atom stereocenters. The molecule has 12 heteroatoms. The first-order valence-electron chi connectivity index (χ1n) is 9.92. The van der Waals surface area contributed by atoms with Gasteiger partial charge in [-0.2, -0.15) is 0 Å². The van der Waals surface area contributed by atoms with Gasteiger partial charge in [-0.1, -0.05) is 66.0 Å². The molecule has 3 aromatic rings. The molecule has 0 unspecified atom stereocenters. The summed E-state index contributed by atoms with van der Waals surface area (Å²) < 4.78 is 60.0. The van der Waals surface area contributed by atoms with Gasteiger partial charge in [-0.05, 0) is 69.5 Å². The average Bonchev–Trinajstić information content (AvgIpc) is 2.83. The third kappa shape index (κ3) is 5.62. The Kier molecular flexibility index (Phi) is 8.46. The Labute approximate surface area is 216 Å². The van der Waals surface area contributed by atoms with Gasteiger partial charge in [-0.3, -0.25) is 0 Å². The Bertz CT molecular complexity index is 1010. The van der Waals surface area contributed by atoms with Crippen LogP contribution in [-0.4, -0.2) is 21.4 Å². The molecular formula is C21H15B3Br3F3O3. The molecule has 0 spiro atoms. The van der Waals surface area contributed by atoms with Crippen molar-refractivity contribution in [3.8, 4) is 0 Å². The van der Waals surface area contributed by atoms with E-state index in [2.05, 4.69) is 47.8 Å². The summed E-state index contributed by atoms with van der Waals surface area (Å²) in [7, 11) is -2.74. The van der Waals surface area contributed by atoms with Crippen molar-refractivity contribution in [3.05, 3.63) is 88.7 Å². The Balaban J connectivity index is 1.79. The molecule has 0 saturated carbocycles. The van der Waals surface area contributed by atoms with E-state index in [9.17, 15) is 13.2 Å². The third-order valence-corrected chi connectivity index (χ3v) is 7.06. The standard InChI is InChI=1S/C21H15B3Br3F3O3/c25-10-13-7-16(28)1-4-19(13)22-31-23(20-5-2-17(29)8-14(20)11-26)33-24(32-22)21-6-3-18(30)9-15(21)12-27/h1-9H,10-12H2.